The third kappa shape index (κ3) is 8.06. The molecular formula is C51H51FN6O5. The van der Waals surface area contributed by atoms with E-state index >= 15 is 0 Å². The smallest absolute Gasteiger partial charge is 0.410 e. The number of hydrogen-bond donors (Lipinski definition) is 0. The Morgan fingerprint density at radius 1 is 0.857 bits per heavy atom. The Labute approximate surface area is 366 Å². The van der Waals surface area contributed by atoms with Gasteiger partial charge in [-0.1, -0.05) is 66.7 Å². The fourth-order valence-corrected chi connectivity index (χ4v) is 10.2. The predicted octanol–water partition coefficient (Wildman–Crippen LogP) is 10.2. The van der Waals surface area contributed by atoms with E-state index in [4.69, 9.17) is 28.9 Å². The van der Waals surface area contributed by atoms with Gasteiger partial charge in [0.1, 0.15) is 54.1 Å². The number of alkyl halides is 1. The molecule has 0 radical (unpaired) electrons. The highest BCUT2D eigenvalue weighted by atomic mass is 19.1. The number of carbonyl (C=O) groups excluding carboxylic acids is 1. The second kappa shape index (κ2) is 16.3. The number of nitrogens with zero attached hydrogens (tertiary/aromatic N) is 6. The molecule has 0 saturated carbocycles. The summed E-state index contributed by atoms with van der Waals surface area (Å²) < 4.78 is 40.7. The lowest BCUT2D eigenvalue weighted by Crippen LogP contribution is -2.57. The second-order valence-corrected chi connectivity index (χ2v) is 18.4. The first-order chi connectivity index (χ1) is 30.5. The van der Waals surface area contributed by atoms with Gasteiger partial charge >= 0.3 is 12.1 Å². The summed E-state index contributed by atoms with van der Waals surface area (Å²) in [6.45, 7) is 8.66. The van der Waals surface area contributed by atoms with Crippen LogP contribution in [0.25, 0.3) is 32.8 Å². The van der Waals surface area contributed by atoms with Gasteiger partial charge in [0.25, 0.3) is 0 Å². The third-order valence-corrected chi connectivity index (χ3v) is 13.0. The summed E-state index contributed by atoms with van der Waals surface area (Å²) in [4.78, 5) is 30.2. The zero-order chi connectivity index (χ0) is 43.3. The van der Waals surface area contributed by atoms with Crippen molar-refractivity contribution in [2.75, 3.05) is 37.7 Å². The van der Waals surface area contributed by atoms with Crippen molar-refractivity contribution in [2.45, 2.75) is 88.9 Å². The van der Waals surface area contributed by atoms with E-state index < -0.39 is 17.3 Å². The summed E-state index contributed by atoms with van der Waals surface area (Å²) in [5, 5.41) is 12.8. The van der Waals surface area contributed by atoms with E-state index in [2.05, 4.69) is 28.0 Å². The number of aromatic nitrogens is 2. The summed E-state index contributed by atoms with van der Waals surface area (Å²) in [5.41, 5.74) is 2.65. The number of rotatable bonds is 10. The van der Waals surface area contributed by atoms with Crippen LogP contribution in [0.4, 0.5) is 15.0 Å². The van der Waals surface area contributed by atoms with Crippen LogP contribution in [-0.2, 0) is 11.3 Å². The van der Waals surface area contributed by atoms with Crippen molar-refractivity contribution in [3.63, 3.8) is 0 Å². The van der Waals surface area contributed by atoms with E-state index in [0.717, 1.165) is 65.1 Å². The predicted molar refractivity (Wildman–Crippen MR) is 240 cm³/mol. The van der Waals surface area contributed by atoms with Gasteiger partial charge in [0.15, 0.2) is 0 Å². The normalized spacial score (nSPS) is 22.0. The molecular weight excluding hydrogens is 796 g/mol. The highest BCUT2D eigenvalue weighted by molar-refractivity contribution is 6.03. The second-order valence-electron chi connectivity index (χ2n) is 18.4. The molecule has 12 heteroatoms. The van der Waals surface area contributed by atoms with Gasteiger partial charge < -0.3 is 23.8 Å². The number of halogens is 1. The molecule has 10 rings (SSSR count). The molecule has 63 heavy (non-hydrogen) atoms. The molecule has 0 spiro atoms. The first-order valence-corrected chi connectivity index (χ1v) is 22.0. The maximum atomic E-state index is 14.9. The summed E-state index contributed by atoms with van der Waals surface area (Å²) >= 11 is 0. The van der Waals surface area contributed by atoms with Gasteiger partial charge in [-0.3, -0.25) is 9.80 Å². The lowest BCUT2D eigenvalue weighted by molar-refractivity contribution is 0.0122. The molecule has 5 heterocycles. The van der Waals surface area contributed by atoms with Gasteiger partial charge in [0, 0.05) is 37.0 Å². The number of para-hydroxylation sites is 1. The highest BCUT2D eigenvalue weighted by Crippen LogP contribution is 2.46. The van der Waals surface area contributed by atoms with Gasteiger partial charge in [-0.05, 0) is 111 Å². The number of piperazine rings is 1. The molecule has 1 amide bonds. The molecule has 0 unspecified atom stereocenters. The minimum absolute atomic E-state index is 0.0821. The Kier molecular flexibility index (Phi) is 10.5. The summed E-state index contributed by atoms with van der Waals surface area (Å²) in [5.74, 6) is 2.26. The number of carbonyl (C=O) groups is 1. The lowest BCUT2D eigenvalue weighted by Gasteiger charge is -2.42. The van der Waals surface area contributed by atoms with Crippen molar-refractivity contribution < 1.29 is 28.1 Å². The molecule has 1 aromatic heterocycles. The Morgan fingerprint density at radius 3 is 2.41 bits per heavy atom. The number of amides is 1. The first kappa shape index (κ1) is 40.6. The van der Waals surface area contributed by atoms with Gasteiger partial charge in [0.2, 0.25) is 0 Å². The standard InChI is InChI=1S/C51H51FN6O5/c1-50(2,3)63-49(59)58-37-18-19-38(58)30-56(29-37)47-43-25-46(62-45-17-10-8-15-35(45)27-53)42(24-44(43)54-48(55-47)61-32-51-20-11-21-57(51)28-36(52)26-51)41-23-39(22-34-14-7-9-16-40(34)41)60-31-33-12-5-4-6-13-33/h4-10,12-17,22-25,36-38H,11,18-21,26,28-32H2,1-3H3/t36-,37-,38+,51+/m1/s1. The molecule has 4 aliphatic heterocycles. The van der Waals surface area contributed by atoms with Crippen LogP contribution in [0.5, 0.6) is 23.3 Å². The first-order valence-electron chi connectivity index (χ1n) is 22.0. The Hall–Kier alpha value is -6.45. The molecule has 0 aliphatic carbocycles. The van der Waals surface area contributed by atoms with Crippen LogP contribution in [-0.4, -0.2) is 88.0 Å². The minimum atomic E-state index is -0.895. The molecule has 4 aliphatic rings. The lowest BCUT2D eigenvalue weighted by atomic mass is 9.95. The van der Waals surface area contributed by atoms with Crippen LogP contribution >= 0.6 is 0 Å². The van der Waals surface area contributed by atoms with Crippen LogP contribution in [0.15, 0.2) is 103 Å². The van der Waals surface area contributed by atoms with Crippen LogP contribution in [0, 0.1) is 11.3 Å². The number of nitriles is 1. The summed E-state index contributed by atoms with van der Waals surface area (Å²) in [6, 6.07) is 35.8. The third-order valence-electron chi connectivity index (χ3n) is 13.0. The summed E-state index contributed by atoms with van der Waals surface area (Å²) in [7, 11) is 0. The molecule has 4 saturated heterocycles. The van der Waals surface area contributed by atoms with Crippen molar-refractivity contribution in [1.82, 2.24) is 19.8 Å². The van der Waals surface area contributed by atoms with Gasteiger partial charge in [0.05, 0.1) is 28.7 Å². The van der Waals surface area contributed by atoms with Crippen LogP contribution < -0.4 is 19.1 Å². The van der Waals surface area contributed by atoms with Crippen molar-refractivity contribution in [2.24, 2.45) is 0 Å². The molecule has 4 fully saturated rings. The average molecular weight is 847 g/mol. The zero-order valence-corrected chi connectivity index (χ0v) is 35.9. The molecule has 6 aromatic rings. The van der Waals surface area contributed by atoms with Gasteiger partial charge in [-0.25, -0.2) is 9.18 Å². The van der Waals surface area contributed by atoms with E-state index in [1.165, 1.54) is 0 Å². The number of fused-ring (bicyclic) bond motifs is 5. The Bertz CT molecular complexity index is 2720. The van der Waals surface area contributed by atoms with E-state index in [-0.39, 0.29) is 30.8 Å². The van der Waals surface area contributed by atoms with Crippen molar-refractivity contribution in [3.05, 3.63) is 114 Å². The van der Waals surface area contributed by atoms with Crippen molar-refractivity contribution in [1.29, 1.82) is 5.26 Å². The number of anilines is 1. The van der Waals surface area contributed by atoms with Gasteiger partial charge in [-0.15, -0.1) is 0 Å². The topological polar surface area (TPSA) is 113 Å². The largest absolute Gasteiger partial charge is 0.489 e. The van der Waals surface area contributed by atoms with Crippen LogP contribution in [0.1, 0.15) is 64.0 Å². The fraction of sp³-hybridized carbons (Fsp3) is 0.373. The maximum Gasteiger partial charge on any atom is 0.410 e. The fourth-order valence-electron chi connectivity index (χ4n) is 10.2. The van der Waals surface area contributed by atoms with E-state index in [1.807, 2.05) is 105 Å². The number of benzene rings is 5. The van der Waals surface area contributed by atoms with Crippen molar-refractivity contribution in [3.8, 4) is 40.5 Å². The van der Waals surface area contributed by atoms with Crippen molar-refractivity contribution >= 4 is 33.6 Å². The average Bonchev–Trinajstić information content (AvgIpc) is 3.90. The van der Waals surface area contributed by atoms with E-state index in [0.29, 0.717) is 66.8 Å². The van der Waals surface area contributed by atoms with E-state index in [1.54, 1.807) is 12.1 Å². The molecule has 4 atom stereocenters. The van der Waals surface area contributed by atoms with E-state index in [9.17, 15) is 14.4 Å². The molecule has 322 valence electrons. The molecule has 5 aromatic carbocycles. The zero-order valence-electron chi connectivity index (χ0n) is 35.9. The molecule has 11 nitrogen and oxygen atoms in total. The van der Waals surface area contributed by atoms with Gasteiger partial charge in [-0.2, -0.15) is 15.2 Å². The molecule has 0 N–H and O–H groups in total. The summed E-state index contributed by atoms with van der Waals surface area (Å²) in [6.07, 6.45) is 2.77. The monoisotopic (exact) mass is 846 g/mol. The minimum Gasteiger partial charge on any atom is -0.489 e. The Balaban J connectivity index is 1.12. The quantitative estimate of drug-likeness (QED) is 0.132. The number of ether oxygens (including phenoxy) is 4. The molecule has 2 bridgehead atoms. The maximum absolute atomic E-state index is 14.9. The highest BCUT2D eigenvalue weighted by Gasteiger charge is 2.50. The number of hydrogen-bond acceptors (Lipinski definition) is 10. The van der Waals surface area contributed by atoms with Crippen LogP contribution in [0.2, 0.25) is 0 Å². The SMILES string of the molecule is CC(C)(C)OC(=O)N1[C@@H]2CC[C@H]1CN(c1nc(OC[C@@]34CCCN3C[C@H](F)C4)nc3cc(-c4cc(OCc5ccccc5)cc5ccccc45)c(Oc4ccccc4C#N)cc13)C2. The van der Waals surface area contributed by atoms with Crippen LogP contribution in [0.3, 0.4) is 0 Å². The Morgan fingerprint density at radius 2 is 1.62 bits per heavy atom.